The van der Waals surface area contributed by atoms with Gasteiger partial charge in [0.2, 0.25) is 0 Å². The molecule has 176 valence electrons. The Balaban J connectivity index is 2.20. The molecule has 0 spiro atoms. The molecule has 0 aliphatic carbocycles. The predicted octanol–water partition coefficient (Wildman–Crippen LogP) is 8.95. The molecule has 0 aromatic heterocycles. The molecule has 0 radical (unpaired) electrons. The minimum absolute atomic E-state index is 0.261. The van der Waals surface area contributed by atoms with Gasteiger partial charge in [-0.1, -0.05) is 96.4 Å². The van der Waals surface area contributed by atoms with Gasteiger partial charge in [0, 0.05) is 10.6 Å². The van der Waals surface area contributed by atoms with Gasteiger partial charge in [0.05, 0.1) is 12.7 Å². The Morgan fingerprint density at radius 3 is 2.13 bits per heavy atom. The number of methoxy groups -OCH3 is 1. The van der Waals surface area contributed by atoms with Crippen molar-refractivity contribution in [3.05, 3.63) is 41.5 Å². The van der Waals surface area contributed by atoms with Crippen molar-refractivity contribution in [3.8, 4) is 0 Å². The molecule has 1 aromatic rings. The molecule has 2 unspecified atom stereocenters. The van der Waals surface area contributed by atoms with Crippen LogP contribution in [0.2, 0.25) is 0 Å². The second-order valence-electron chi connectivity index (χ2n) is 9.71. The van der Waals surface area contributed by atoms with E-state index in [0.29, 0.717) is 5.56 Å². The van der Waals surface area contributed by atoms with E-state index in [1.807, 2.05) is 24.3 Å². The third-order valence-corrected chi connectivity index (χ3v) is 7.10. The van der Waals surface area contributed by atoms with Gasteiger partial charge in [0.25, 0.3) is 0 Å². The molecule has 0 N–H and O–H groups in total. The fourth-order valence-electron chi connectivity index (χ4n) is 3.95. The van der Waals surface area contributed by atoms with Crippen LogP contribution in [0.25, 0.3) is 0 Å². The van der Waals surface area contributed by atoms with Gasteiger partial charge >= 0.3 is 5.97 Å². The van der Waals surface area contributed by atoms with Crippen molar-refractivity contribution in [1.82, 2.24) is 0 Å². The van der Waals surface area contributed by atoms with Crippen molar-refractivity contribution in [3.63, 3.8) is 0 Å². The van der Waals surface area contributed by atoms with Crippen LogP contribution in [0.15, 0.2) is 40.8 Å². The minimum Gasteiger partial charge on any atom is -0.465 e. The Labute approximate surface area is 196 Å². The first-order chi connectivity index (χ1) is 14.8. The largest absolute Gasteiger partial charge is 0.465 e. The maximum atomic E-state index is 11.9. The number of benzene rings is 1. The zero-order valence-electron chi connectivity index (χ0n) is 20.9. The molecule has 0 heterocycles. The molecule has 0 saturated carbocycles. The van der Waals surface area contributed by atoms with Crippen molar-refractivity contribution < 1.29 is 9.53 Å². The summed E-state index contributed by atoms with van der Waals surface area (Å²) in [5.41, 5.74) is 2.11. The quantitative estimate of drug-likeness (QED) is 0.144. The fraction of sp³-hybridized carbons (Fsp3) is 0.679. The number of thioether (sulfide) groups is 1. The SMILES string of the molecule is COC(=O)c1ccccc1SC/C=C(\C)CCCC(C)CCCC(C)CCCC(C)C. The van der Waals surface area contributed by atoms with Crippen LogP contribution < -0.4 is 0 Å². The highest BCUT2D eigenvalue weighted by molar-refractivity contribution is 7.99. The summed E-state index contributed by atoms with van der Waals surface area (Å²) in [6.07, 6.45) is 14.4. The van der Waals surface area contributed by atoms with E-state index in [9.17, 15) is 4.79 Å². The summed E-state index contributed by atoms with van der Waals surface area (Å²) in [5.74, 6) is 3.20. The monoisotopic (exact) mass is 446 g/mol. The summed E-state index contributed by atoms with van der Waals surface area (Å²) in [6.45, 7) is 11.7. The maximum absolute atomic E-state index is 11.9. The Morgan fingerprint density at radius 2 is 1.52 bits per heavy atom. The summed E-state index contributed by atoms with van der Waals surface area (Å²) < 4.78 is 4.88. The lowest BCUT2D eigenvalue weighted by molar-refractivity contribution is 0.0597. The van der Waals surface area contributed by atoms with Gasteiger partial charge in [-0.05, 0) is 49.7 Å². The minimum atomic E-state index is -0.261. The Hall–Kier alpha value is -1.22. The molecule has 1 rings (SSSR count). The summed E-state index contributed by atoms with van der Waals surface area (Å²) in [7, 11) is 1.43. The van der Waals surface area contributed by atoms with Crippen molar-refractivity contribution in [1.29, 1.82) is 0 Å². The lowest BCUT2D eigenvalue weighted by atomic mass is 9.91. The molecule has 0 amide bonds. The lowest BCUT2D eigenvalue weighted by Crippen LogP contribution is -2.02. The number of rotatable bonds is 16. The molecule has 0 saturated heterocycles. The number of esters is 1. The first-order valence-electron chi connectivity index (χ1n) is 12.3. The second kappa shape index (κ2) is 16.4. The summed E-state index contributed by atoms with van der Waals surface area (Å²) in [5, 5.41) is 0. The van der Waals surface area contributed by atoms with Crippen molar-refractivity contribution in [2.45, 2.75) is 97.3 Å². The molecule has 0 aliphatic heterocycles. The summed E-state index contributed by atoms with van der Waals surface area (Å²) in [4.78, 5) is 12.9. The van der Waals surface area contributed by atoms with Crippen LogP contribution in [-0.4, -0.2) is 18.8 Å². The van der Waals surface area contributed by atoms with Gasteiger partial charge in [-0.2, -0.15) is 0 Å². The number of carbonyl (C=O) groups is 1. The predicted molar refractivity (Wildman–Crippen MR) is 137 cm³/mol. The molecule has 31 heavy (non-hydrogen) atoms. The van der Waals surface area contributed by atoms with Crippen molar-refractivity contribution in [2.24, 2.45) is 17.8 Å². The zero-order valence-corrected chi connectivity index (χ0v) is 21.7. The highest BCUT2D eigenvalue weighted by atomic mass is 32.2. The Morgan fingerprint density at radius 1 is 0.935 bits per heavy atom. The number of allylic oxidation sites excluding steroid dienone is 1. The number of ether oxygens (including phenoxy) is 1. The van der Waals surface area contributed by atoms with E-state index in [4.69, 9.17) is 4.74 Å². The third kappa shape index (κ3) is 13.0. The average Bonchev–Trinajstić information content (AvgIpc) is 2.73. The average molecular weight is 447 g/mol. The smallest absolute Gasteiger partial charge is 0.338 e. The van der Waals surface area contributed by atoms with Gasteiger partial charge in [0.15, 0.2) is 0 Å². The topological polar surface area (TPSA) is 26.3 Å². The van der Waals surface area contributed by atoms with Gasteiger partial charge in [-0.3, -0.25) is 0 Å². The normalized spacial score (nSPS) is 14.0. The van der Waals surface area contributed by atoms with Crippen molar-refractivity contribution >= 4 is 17.7 Å². The molecule has 2 nitrogen and oxygen atoms in total. The van der Waals surface area contributed by atoms with E-state index in [1.165, 1.54) is 70.5 Å². The number of hydrogen-bond acceptors (Lipinski definition) is 3. The van der Waals surface area contributed by atoms with Gasteiger partial charge in [-0.15, -0.1) is 11.8 Å². The molecule has 0 bridgehead atoms. The van der Waals surface area contributed by atoms with E-state index in [-0.39, 0.29) is 5.97 Å². The van der Waals surface area contributed by atoms with Crippen LogP contribution in [0.1, 0.15) is 103 Å². The maximum Gasteiger partial charge on any atom is 0.338 e. The highest BCUT2D eigenvalue weighted by Gasteiger charge is 2.11. The second-order valence-corrected chi connectivity index (χ2v) is 10.8. The first kappa shape index (κ1) is 27.8. The van der Waals surface area contributed by atoms with E-state index in [0.717, 1.165) is 28.4 Å². The first-order valence-corrected chi connectivity index (χ1v) is 13.3. The standard InChI is InChI=1S/C28H46O2S/c1-22(2)12-9-13-23(3)14-10-15-24(4)16-11-17-25(5)20-21-31-27-19-8-7-18-26(27)28(29)30-6/h7-8,18-20,22-24H,9-17,21H2,1-6H3/b25-20+. The summed E-state index contributed by atoms with van der Waals surface area (Å²) >= 11 is 1.70. The van der Waals surface area contributed by atoms with Gasteiger partial charge in [0.1, 0.15) is 0 Å². The molecule has 3 heteroatoms. The van der Waals surface area contributed by atoms with Crippen LogP contribution in [0.3, 0.4) is 0 Å². The molecular formula is C28H46O2S. The number of hydrogen-bond donors (Lipinski definition) is 0. The molecule has 1 aromatic carbocycles. The fourth-order valence-corrected chi connectivity index (χ4v) is 4.98. The van der Waals surface area contributed by atoms with Crippen LogP contribution in [0, 0.1) is 17.8 Å². The Kier molecular flexibility index (Phi) is 14.7. The molecule has 2 atom stereocenters. The van der Waals surface area contributed by atoms with E-state index in [1.54, 1.807) is 11.8 Å². The van der Waals surface area contributed by atoms with E-state index < -0.39 is 0 Å². The van der Waals surface area contributed by atoms with Gasteiger partial charge < -0.3 is 4.74 Å². The van der Waals surface area contributed by atoms with E-state index >= 15 is 0 Å². The summed E-state index contributed by atoms with van der Waals surface area (Å²) in [6, 6.07) is 7.68. The van der Waals surface area contributed by atoms with E-state index in [2.05, 4.69) is 40.7 Å². The number of carbonyl (C=O) groups excluding carboxylic acids is 1. The van der Waals surface area contributed by atoms with Crippen molar-refractivity contribution in [2.75, 3.05) is 12.9 Å². The van der Waals surface area contributed by atoms with Crippen LogP contribution in [0.4, 0.5) is 0 Å². The van der Waals surface area contributed by atoms with Crippen LogP contribution in [-0.2, 0) is 4.74 Å². The molecular weight excluding hydrogens is 400 g/mol. The van der Waals surface area contributed by atoms with Crippen LogP contribution >= 0.6 is 11.8 Å². The van der Waals surface area contributed by atoms with Crippen LogP contribution in [0.5, 0.6) is 0 Å². The zero-order chi connectivity index (χ0) is 23.1. The lowest BCUT2D eigenvalue weighted by Gasteiger charge is -2.15. The third-order valence-electron chi connectivity index (χ3n) is 6.10. The van der Waals surface area contributed by atoms with Gasteiger partial charge in [-0.25, -0.2) is 4.79 Å². The molecule has 0 fully saturated rings. The molecule has 0 aliphatic rings. The Bertz CT molecular complexity index is 650. The highest BCUT2D eigenvalue weighted by Crippen LogP contribution is 2.25.